The summed E-state index contributed by atoms with van der Waals surface area (Å²) in [7, 11) is 0. The summed E-state index contributed by atoms with van der Waals surface area (Å²) in [5, 5.41) is 10.5. The minimum atomic E-state index is -0.999. The maximum absolute atomic E-state index is 12.2. The highest BCUT2D eigenvalue weighted by Crippen LogP contribution is 2.31. The van der Waals surface area contributed by atoms with E-state index in [2.05, 4.69) is 0 Å². The van der Waals surface area contributed by atoms with Crippen molar-refractivity contribution in [3.63, 3.8) is 0 Å². The molecule has 0 aromatic heterocycles. The van der Waals surface area contributed by atoms with Gasteiger partial charge >= 0.3 is 6.09 Å². The molecule has 2 rings (SSSR count). The molecule has 7 nitrogen and oxygen atoms in total. The fourth-order valence-corrected chi connectivity index (χ4v) is 2.71. The van der Waals surface area contributed by atoms with Crippen LogP contribution in [0, 0.1) is 0 Å². The molecule has 2 amide bonds. The van der Waals surface area contributed by atoms with E-state index in [-0.39, 0.29) is 18.9 Å². The van der Waals surface area contributed by atoms with Gasteiger partial charge in [0.2, 0.25) is 5.91 Å². The third kappa shape index (κ3) is 3.77. The van der Waals surface area contributed by atoms with Gasteiger partial charge in [-0.05, 0) is 41.0 Å². The highest BCUT2D eigenvalue weighted by Gasteiger charge is 2.47. The van der Waals surface area contributed by atoms with Crippen LogP contribution in [-0.4, -0.2) is 58.3 Å². The van der Waals surface area contributed by atoms with Crippen molar-refractivity contribution >= 4 is 12.0 Å². The first kappa shape index (κ1) is 17.2. The molecule has 2 aliphatic rings. The van der Waals surface area contributed by atoms with Crippen LogP contribution >= 0.6 is 0 Å². The van der Waals surface area contributed by atoms with E-state index in [4.69, 9.17) is 14.2 Å². The van der Waals surface area contributed by atoms with Crippen molar-refractivity contribution in [1.29, 1.82) is 0 Å². The molecular formula is C15H25NO6. The Morgan fingerprint density at radius 2 is 2.09 bits per heavy atom. The number of hydrogen-bond acceptors (Lipinski definition) is 6. The van der Waals surface area contributed by atoms with Gasteiger partial charge in [0, 0.05) is 6.42 Å². The Balaban J connectivity index is 2.09. The van der Waals surface area contributed by atoms with Crippen LogP contribution < -0.4 is 0 Å². The number of imide groups is 1. The van der Waals surface area contributed by atoms with E-state index in [0.29, 0.717) is 6.42 Å². The molecule has 0 unspecified atom stereocenters. The van der Waals surface area contributed by atoms with Crippen molar-refractivity contribution in [2.24, 2.45) is 0 Å². The zero-order chi connectivity index (χ0) is 16.7. The number of amides is 2. The van der Waals surface area contributed by atoms with Gasteiger partial charge in [0.05, 0.1) is 12.6 Å². The number of aliphatic hydroxyl groups is 1. The molecule has 2 aliphatic heterocycles. The molecular weight excluding hydrogens is 290 g/mol. The summed E-state index contributed by atoms with van der Waals surface area (Å²) in [6.07, 6.45) is -1.70. The van der Waals surface area contributed by atoms with E-state index in [1.165, 1.54) is 0 Å². The highest BCUT2D eigenvalue weighted by molar-refractivity contribution is 5.94. The number of aliphatic hydroxyl groups excluding tert-OH is 1. The molecule has 0 aromatic rings. The van der Waals surface area contributed by atoms with Crippen LogP contribution in [0.3, 0.4) is 0 Å². The second-order valence-electron chi connectivity index (χ2n) is 7.21. The molecule has 3 atom stereocenters. The van der Waals surface area contributed by atoms with E-state index in [9.17, 15) is 14.7 Å². The van der Waals surface area contributed by atoms with Crippen LogP contribution in [0.4, 0.5) is 4.79 Å². The summed E-state index contributed by atoms with van der Waals surface area (Å²) in [4.78, 5) is 25.2. The highest BCUT2D eigenvalue weighted by atomic mass is 16.7. The summed E-state index contributed by atoms with van der Waals surface area (Å²) in [6, 6.07) is -0.648. The largest absolute Gasteiger partial charge is 0.443 e. The van der Waals surface area contributed by atoms with Crippen LogP contribution in [-0.2, 0) is 19.0 Å². The number of rotatable bonds is 2. The average Bonchev–Trinajstić information content (AvgIpc) is 2.89. The Hall–Kier alpha value is -1.18. The van der Waals surface area contributed by atoms with Gasteiger partial charge in [-0.15, -0.1) is 0 Å². The molecule has 0 spiro atoms. The van der Waals surface area contributed by atoms with Gasteiger partial charge < -0.3 is 19.3 Å². The van der Waals surface area contributed by atoms with Gasteiger partial charge in [0.15, 0.2) is 5.79 Å². The average molecular weight is 315 g/mol. The Labute approximate surface area is 130 Å². The molecule has 22 heavy (non-hydrogen) atoms. The van der Waals surface area contributed by atoms with Gasteiger partial charge in [0.1, 0.15) is 17.8 Å². The van der Waals surface area contributed by atoms with E-state index in [1.54, 1.807) is 34.6 Å². The van der Waals surface area contributed by atoms with Gasteiger partial charge in [-0.25, -0.2) is 9.69 Å². The zero-order valence-corrected chi connectivity index (χ0v) is 13.8. The van der Waals surface area contributed by atoms with Gasteiger partial charge in [-0.3, -0.25) is 4.79 Å². The number of likely N-dealkylation sites (tertiary alicyclic amines) is 1. The quantitative estimate of drug-likeness (QED) is 0.829. The molecule has 2 fully saturated rings. The van der Waals surface area contributed by atoms with Gasteiger partial charge in [-0.2, -0.15) is 0 Å². The van der Waals surface area contributed by atoms with Crippen LogP contribution in [0.15, 0.2) is 0 Å². The minimum Gasteiger partial charge on any atom is -0.443 e. The van der Waals surface area contributed by atoms with Crippen molar-refractivity contribution in [3.05, 3.63) is 0 Å². The second kappa shape index (κ2) is 5.79. The summed E-state index contributed by atoms with van der Waals surface area (Å²) >= 11 is 0. The lowest BCUT2D eigenvalue weighted by atomic mass is 10.0. The Morgan fingerprint density at radius 3 is 2.59 bits per heavy atom. The SMILES string of the molecule is CC(C)(C)OC(=O)N1C(=O)CC[C@H]1[C@@H](O)[C@@H]1COC(C)(C)O1. The topological polar surface area (TPSA) is 85.3 Å². The predicted octanol–water partition coefficient (Wildman–Crippen LogP) is 1.42. The molecule has 0 aromatic carbocycles. The molecule has 2 saturated heterocycles. The first-order chi connectivity index (χ1) is 10.0. The van der Waals surface area contributed by atoms with Crippen LogP contribution in [0.5, 0.6) is 0 Å². The smallest absolute Gasteiger partial charge is 0.417 e. The third-order valence-corrected chi connectivity index (χ3v) is 3.65. The molecule has 126 valence electrons. The fourth-order valence-electron chi connectivity index (χ4n) is 2.71. The summed E-state index contributed by atoms with van der Waals surface area (Å²) < 4.78 is 16.3. The summed E-state index contributed by atoms with van der Waals surface area (Å²) in [5.41, 5.74) is -0.704. The molecule has 0 aliphatic carbocycles. The van der Waals surface area contributed by atoms with E-state index >= 15 is 0 Å². The van der Waals surface area contributed by atoms with E-state index < -0.39 is 35.7 Å². The molecule has 2 heterocycles. The van der Waals surface area contributed by atoms with E-state index in [1.807, 2.05) is 0 Å². The van der Waals surface area contributed by atoms with Crippen LogP contribution in [0.25, 0.3) is 0 Å². The third-order valence-electron chi connectivity index (χ3n) is 3.65. The van der Waals surface area contributed by atoms with Crippen LogP contribution in [0.2, 0.25) is 0 Å². The number of carbonyl (C=O) groups is 2. The molecule has 0 bridgehead atoms. The van der Waals surface area contributed by atoms with E-state index in [0.717, 1.165) is 4.90 Å². The maximum atomic E-state index is 12.2. The van der Waals surface area contributed by atoms with Crippen molar-refractivity contribution < 1.29 is 28.9 Å². The number of hydrogen-bond donors (Lipinski definition) is 1. The molecule has 1 N–H and O–H groups in total. The number of nitrogens with zero attached hydrogens (tertiary/aromatic N) is 1. The second-order valence-corrected chi connectivity index (χ2v) is 7.21. The van der Waals surface area contributed by atoms with Gasteiger partial charge in [-0.1, -0.05) is 0 Å². The van der Waals surface area contributed by atoms with Crippen molar-refractivity contribution in [2.75, 3.05) is 6.61 Å². The first-order valence-corrected chi connectivity index (χ1v) is 7.55. The summed E-state index contributed by atoms with van der Waals surface area (Å²) in [5.74, 6) is -1.11. The van der Waals surface area contributed by atoms with Crippen molar-refractivity contribution in [3.8, 4) is 0 Å². The van der Waals surface area contributed by atoms with Gasteiger partial charge in [0.25, 0.3) is 0 Å². The van der Waals surface area contributed by atoms with Crippen molar-refractivity contribution in [2.45, 2.75) is 77.1 Å². The maximum Gasteiger partial charge on any atom is 0.417 e. The Morgan fingerprint density at radius 1 is 1.45 bits per heavy atom. The predicted molar refractivity (Wildman–Crippen MR) is 77.0 cm³/mol. The zero-order valence-electron chi connectivity index (χ0n) is 13.8. The fraction of sp³-hybridized carbons (Fsp3) is 0.867. The monoisotopic (exact) mass is 315 g/mol. The first-order valence-electron chi connectivity index (χ1n) is 7.55. The van der Waals surface area contributed by atoms with Crippen molar-refractivity contribution in [1.82, 2.24) is 4.90 Å². The lowest BCUT2D eigenvalue weighted by molar-refractivity contribution is -0.156. The van der Waals surface area contributed by atoms with Crippen LogP contribution in [0.1, 0.15) is 47.5 Å². The number of ether oxygens (including phenoxy) is 3. The molecule has 0 radical (unpaired) electrons. The number of carbonyl (C=O) groups excluding carboxylic acids is 2. The Kier molecular flexibility index (Phi) is 4.52. The lowest BCUT2D eigenvalue weighted by Gasteiger charge is -2.31. The molecule has 0 saturated carbocycles. The Bertz CT molecular complexity index is 455. The summed E-state index contributed by atoms with van der Waals surface area (Å²) in [6.45, 7) is 8.92. The lowest BCUT2D eigenvalue weighted by Crippen LogP contribution is -2.51. The standard InChI is InChI=1S/C15H25NO6/c1-14(2,3)22-13(19)16-9(6-7-11(16)17)12(18)10-8-20-15(4,5)21-10/h9-10,12,18H,6-8H2,1-5H3/t9-,10-,12+/m0/s1. The normalized spacial score (nSPS) is 29.7. The molecule has 7 heteroatoms. The minimum absolute atomic E-state index is 0.206.